The van der Waals surface area contributed by atoms with E-state index in [1.54, 1.807) is 35.1 Å². The molecule has 11 nitrogen and oxygen atoms in total. The summed E-state index contributed by atoms with van der Waals surface area (Å²) >= 11 is 0. The molecule has 2 aromatic carbocycles. The average molecular weight is 442 g/mol. The van der Waals surface area contributed by atoms with Crippen molar-refractivity contribution in [1.82, 2.24) is 29.4 Å². The van der Waals surface area contributed by atoms with Crippen LogP contribution >= 0.6 is 0 Å². The van der Waals surface area contributed by atoms with Gasteiger partial charge < -0.3 is 10.1 Å². The fourth-order valence-electron chi connectivity index (χ4n) is 3.25. The van der Waals surface area contributed by atoms with Crippen LogP contribution in [0.25, 0.3) is 28.1 Å². The second-order valence-electron chi connectivity index (χ2n) is 6.96. The number of H-pyrrole nitrogens is 1. The molecule has 5 rings (SSSR count). The van der Waals surface area contributed by atoms with Gasteiger partial charge in [0, 0.05) is 25.7 Å². The lowest BCUT2D eigenvalue weighted by Gasteiger charge is -2.13. The second kappa shape index (κ2) is 8.64. The first-order chi connectivity index (χ1) is 15.9. The van der Waals surface area contributed by atoms with Gasteiger partial charge in [-0.25, -0.2) is 14.6 Å². The quantitative estimate of drug-likeness (QED) is 0.427. The molecule has 3 heterocycles. The molecule has 0 spiro atoms. The first kappa shape index (κ1) is 21.3. The second-order valence-corrected chi connectivity index (χ2v) is 6.96. The van der Waals surface area contributed by atoms with Crippen LogP contribution in [0, 0.1) is 11.3 Å². The SMILES string of the molecule is CN(C(=O)O)c1ccccc1C#N.Cn1nccc1-c1nc2c3ccccc3[nH]c(=O)n2n1. The smallest absolute Gasteiger partial charge is 0.411 e. The lowest BCUT2D eigenvalue weighted by atomic mass is 10.2. The molecule has 164 valence electrons. The number of hydrogen-bond acceptors (Lipinski definition) is 6. The van der Waals surface area contributed by atoms with E-state index in [4.69, 9.17) is 10.4 Å². The van der Waals surface area contributed by atoms with E-state index in [-0.39, 0.29) is 5.69 Å². The van der Waals surface area contributed by atoms with Crippen LogP contribution in [0.4, 0.5) is 10.5 Å². The number of anilines is 1. The molecule has 0 bridgehead atoms. The van der Waals surface area contributed by atoms with Gasteiger partial charge in [0.15, 0.2) is 5.65 Å². The molecule has 0 atom stereocenters. The van der Waals surface area contributed by atoms with Crippen LogP contribution in [0.1, 0.15) is 5.56 Å². The van der Waals surface area contributed by atoms with Gasteiger partial charge in [-0.2, -0.15) is 14.9 Å². The molecule has 1 amide bonds. The number of carboxylic acid groups (broad SMARTS) is 1. The first-order valence-electron chi connectivity index (χ1n) is 9.72. The fraction of sp³-hybridized carbons (Fsp3) is 0.0909. The van der Waals surface area contributed by atoms with Crippen LogP contribution in [-0.2, 0) is 7.05 Å². The Morgan fingerprint density at radius 1 is 1.15 bits per heavy atom. The fourth-order valence-corrected chi connectivity index (χ4v) is 3.25. The van der Waals surface area contributed by atoms with Crippen LogP contribution in [0.5, 0.6) is 0 Å². The number of para-hydroxylation sites is 2. The summed E-state index contributed by atoms with van der Waals surface area (Å²) in [6.07, 6.45) is 0.589. The summed E-state index contributed by atoms with van der Waals surface area (Å²) in [5, 5.41) is 26.6. The number of carbonyl (C=O) groups is 1. The number of fused-ring (bicyclic) bond motifs is 3. The Kier molecular flexibility index (Phi) is 5.56. The molecule has 0 saturated carbocycles. The summed E-state index contributed by atoms with van der Waals surface area (Å²) in [5.74, 6) is 0.479. The zero-order chi connectivity index (χ0) is 23.5. The minimum Gasteiger partial charge on any atom is -0.465 e. The Morgan fingerprint density at radius 2 is 1.88 bits per heavy atom. The van der Waals surface area contributed by atoms with Gasteiger partial charge in [0.25, 0.3) is 0 Å². The van der Waals surface area contributed by atoms with Crippen LogP contribution in [0.15, 0.2) is 65.6 Å². The van der Waals surface area contributed by atoms with Crippen molar-refractivity contribution in [3.05, 3.63) is 76.8 Å². The van der Waals surface area contributed by atoms with E-state index < -0.39 is 6.09 Å². The van der Waals surface area contributed by atoms with Crippen LogP contribution < -0.4 is 10.6 Å². The third-order valence-electron chi connectivity index (χ3n) is 4.93. The molecular formula is C22H18N8O3. The van der Waals surface area contributed by atoms with E-state index in [1.807, 2.05) is 43.4 Å². The maximum Gasteiger partial charge on any atom is 0.411 e. The molecule has 3 aromatic heterocycles. The molecule has 0 radical (unpaired) electrons. The number of rotatable bonds is 2. The standard InChI is InChI=1S/C13H10N6O.C9H8N2O2/c1-18-10(6-7-14-18)11-16-12-8-4-2-3-5-9(8)15-13(20)19(12)17-11;1-11(9(12)13)8-5-3-2-4-7(8)6-10/h2-7H,1H3,(H,15,20);2-5H,1H3,(H,12,13). The van der Waals surface area contributed by atoms with Crippen molar-refractivity contribution < 1.29 is 9.90 Å². The summed E-state index contributed by atoms with van der Waals surface area (Å²) in [5.41, 5.74) is 2.50. The van der Waals surface area contributed by atoms with Crippen molar-refractivity contribution in [2.75, 3.05) is 11.9 Å². The number of nitriles is 1. The van der Waals surface area contributed by atoms with Crippen LogP contribution in [0.2, 0.25) is 0 Å². The molecule has 0 unspecified atom stereocenters. The van der Waals surface area contributed by atoms with Crippen molar-refractivity contribution in [3.8, 4) is 17.6 Å². The highest BCUT2D eigenvalue weighted by atomic mass is 16.4. The highest BCUT2D eigenvalue weighted by Crippen LogP contribution is 2.19. The van der Waals surface area contributed by atoms with E-state index in [9.17, 15) is 9.59 Å². The molecule has 0 aliphatic heterocycles. The van der Waals surface area contributed by atoms with E-state index in [0.717, 1.165) is 21.5 Å². The van der Waals surface area contributed by atoms with E-state index in [1.165, 1.54) is 11.6 Å². The number of amides is 1. The Labute approximate surface area is 186 Å². The molecule has 0 saturated heterocycles. The number of aryl methyl sites for hydroxylation is 1. The number of benzene rings is 2. The van der Waals surface area contributed by atoms with Crippen molar-refractivity contribution in [1.29, 1.82) is 5.26 Å². The van der Waals surface area contributed by atoms with Gasteiger partial charge in [-0.05, 0) is 30.3 Å². The van der Waals surface area contributed by atoms with Crippen molar-refractivity contribution >= 4 is 28.3 Å². The molecular weight excluding hydrogens is 424 g/mol. The number of nitrogens with zero attached hydrogens (tertiary/aromatic N) is 7. The molecule has 33 heavy (non-hydrogen) atoms. The molecule has 11 heteroatoms. The summed E-state index contributed by atoms with van der Waals surface area (Å²) in [6, 6.07) is 17.8. The topological polar surface area (TPSA) is 145 Å². The van der Waals surface area contributed by atoms with Gasteiger partial charge in [0.1, 0.15) is 11.8 Å². The minimum atomic E-state index is -1.08. The van der Waals surface area contributed by atoms with Gasteiger partial charge in [-0.15, -0.1) is 5.10 Å². The Morgan fingerprint density at radius 3 is 2.58 bits per heavy atom. The van der Waals surface area contributed by atoms with Crippen LogP contribution in [0.3, 0.4) is 0 Å². The highest BCUT2D eigenvalue weighted by molar-refractivity contribution is 5.91. The number of aromatic amines is 1. The van der Waals surface area contributed by atoms with Gasteiger partial charge in [-0.3, -0.25) is 9.58 Å². The first-order valence-corrected chi connectivity index (χ1v) is 9.72. The average Bonchev–Trinajstić information content (AvgIpc) is 3.45. The Bertz CT molecular complexity index is 1570. The molecule has 5 aromatic rings. The summed E-state index contributed by atoms with van der Waals surface area (Å²) in [4.78, 5) is 30.9. The lowest BCUT2D eigenvalue weighted by Crippen LogP contribution is -2.24. The van der Waals surface area contributed by atoms with Gasteiger partial charge >= 0.3 is 11.8 Å². The summed E-state index contributed by atoms with van der Waals surface area (Å²) < 4.78 is 2.95. The predicted octanol–water partition coefficient (Wildman–Crippen LogP) is 2.64. The molecule has 2 N–H and O–H groups in total. The predicted molar refractivity (Wildman–Crippen MR) is 121 cm³/mol. The van der Waals surface area contributed by atoms with Crippen molar-refractivity contribution in [2.45, 2.75) is 0 Å². The van der Waals surface area contributed by atoms with E-state index in [2.05, 4.69) is 20.2 Å². The third kappa shape index (κ3) is 4.00. The Hall–Kier alpha value is -4.98. The Balaban J connectivity index is 0.000000174. The highest BCUT2D eigenvalue weighted by Gasteiger charge is 2.14. The third-order valence-corrected chi connectivity index (χ3v) is 4.93. The number of hydrogen-bond donors (Lipinski definition) is 2. The maximum absolute atomic E-state index is 12.0. The zero-order valence-electron chi connectivity index (χ0n) is 17.7. The normalized spacial score (nSPS) is 10.5. The molecule has 0 fully saturated rings. The summed E-state index contributed by atoms with van der Waals surface area (Å²) in [7, 11) is 3.21. The van der Waals surface area contributed by atoms with Gasteiger partial charge in [0.05, 0.1) is 16.8 Å². The van der Waals surface area contributed by atoms with Gasteiger partial charge in [-0.1, -0.05) is 24.3 Å². The van der Waals surface area contributed by atoms with Gasteiger partial charge in [0.2, 0.25) is 5.82 Å². The largest absolute Gasteiger partial charge is 0.465 e. The lowest BCUT2D eigenvalue weighted by molar-refractivity contribution is 0.203. The minimum absolute atomic E-state index is 0.306. The maximum atomic E-state index is 12.0. The van der Waals surface area contributed by atoms with Crippen LogP contribution in [-0.4, -0.2) is 47.6 Å². The number of aromatic nitrogens is 6. The zero-order valence-corrected chi connectivity index (χ0v) is 17.7. The summed E-state index contributed by atoms with van der Waals surface area (Å²) in [6.45, 7) is 0. The van der Waals surface area contributed by atoms with Crippen molar-refractivity contribution in [2.24, 2.45) is 7.05 Å². The number of nitrogens with one attached hydrogen (secondary N) is 1. The molecule has 0 aliphatic carbocycles. The van der Waals surface area contributed by atoms with E-state index in [0.29, 0.717) is 22.7 Å². The molecule has 0 aliphatic rings. The monoisotopic (exact) mass is 442 g/mol. The van der Waals surface area contributed by atoms with E-state index >= 15 is 0 Å². The van der Waals surface area contributed by atoms with Crippen molar-refractivity contribution in [3.63, 3.8) is 0 Å².